The third kappa shape index (κ3) is 2.43. The molecule has 0 radical (unpaired) electrons. The van der Waals surface area contributed by atoms with Gasteiger partial charge in [-0.3, -0.25) is 4.98 Å². The molecule has 2 heteroatoms. The van der Waals surface area contributed by atoms with Crippen LogP contribution in [0.1, 0.15) is 45.2 Å². The molecule has 1 aromatic heterocycles. The number of pyridine rings is 1. The maximum absolute atomic E-state index is 4.17. The number of rotatable bonds is 3. The summed E-state index contributed by atoms with van der Waals surface area (Å²) in [6, 6.07) is 5.23. The highest BCUT2D eigenvalue weighted by atomic mass is 15.0. The van der Waals surface area contributed by atoms with Crippen molar-refractivity contribution in [3.05, 3.63) is 30.1 Å². The number of aromatic nitrogens is 1. The fraction of sp³-hybridized carbons (Fsp3) is 0.643. The lowest BCUT2D eigenvalue weighted by Crippen LogP contribution is -2.34. The number of hydrogen-bond acceptors (Lipinski definition) is 2. The Morgan fingerprint density at radius 3 is 2.75 bits per heavy atom. The van der Waals surface area contributed by atoms with Gasteiger partial charge < -0.3 is 5.32 Å². The van der Waals surface area contributed by atoms with Crippen molar-refractivity contribution in [2.24, 2.45) is 11.8 Å². The Balaban J connectivity index is 1.95. The van der Waals surface area contributed by atoms with Crippen molar-refractivity contribution in [2.75, 3.05) is 0 Å². The molecule has 1 aliphatic carbocycles. The molecule has 0 bridgehead atoms. The zero-order chi connectivity index (χ0) is 11.5. The Kier molecular flexibility index (Phi) is 3.59. The van der Waals surface area contributed by atoms with E-state index in [1.54, 1.807) is 0 Å². The van der Waals surface area contributed by atoms with Gasteiger partial charge in [-0.15, -0.1) is 0 Å². The molecule has 1 aromatic rings. The molecular formula is C14H22N2. The van der Waals surface area contributed by atoms with Crippen LogP contribution >= 0.6 is 0 Å². The first-order chi connectivity index (χ1) is 7.68. The Morgan fingerprint density at radius 1 is 1.38 bits per heavy atom. The van der Waals surface area contributed by atoms with Crippen LogP contribution in [0.4, 0.5) is 0 Å². The van der Waals surface area contributed by atoms with E-state index in [9.17, 15) is 0 Å². The highest BCUT2D eigenvalue weighted by Crippen LogP contribution is 2.32. The van der Waals surface area contributed by atoms with Crippen molar-refractivity contribution >= 4 is 0 Å². The molecule has 0 spiro atoms. The molecule has 1 aliphatic rings. The minimum absolute atomic E-state index is 0.409. The topological polar surface area (TPSA) is 24.9 Å². The summed E-state index contributed by atoms with van der Waals surface area (Å²) in [7, 11) is 0. The van der Waals surface area contributed by atoms with Gasteiger partial charge in [-0.2, -0.15) is 0 Å². The second kappa shape index (κ2) is 4.96. The van der Waals surface area contributed by atoms with Crippen molar-refractivity contribution in [3.63, 3.8) is 0 Å². The summed E-state index contributed by atoms with van der Waals surface area (Å²) in [5.41, 5.74) is 1.29. The zero-order valence-corrected chi connectivity index (χ0v) is 10.5. The molecule has 0 saturated heterocycles. The number of hydrogen-bond donors (Lipinski definition) is 1. The zero-order valence-electron chi connectivity index (χ0n) is 10.5. The Hall–Kier alpha value is -0.890. The van der Waals surface area contributed by atoms with Crippen LogP contribution in [0.5, 0.6) is 0 Å². The fourth-order valence-electron chi connectivity index (χ4n) is 2.65. The lowest BCUT2D eigenvalue weighted by atomic mass is 9.97. The van der Waals surface area contributed by atoms with Crippen LogP contribution in [0.3, 0.4) is 0 Å². The van der Waals surface area contributed by atoms with E-state index in [2.05, 4.69) is 37.1 Å². The molecular weight excluding hydrogens is 196 g/mol. The Labute approximate surface area is 98.5 Å². The third-order valence-corrected chi connectivity index (χ3v) is 4.11. The minimum Gasteiger partial charge on any atom is -0.307 e. The summed E-state index contributed by atoms with van der Waals surface area (Å²) in [4.78, 5) is 4.17. The van der Waals surface area contributed by atoms with E-state index in [-0.39, 0.29) is 0 Å². The van der Waals surface area contributed by atoms with Gasteiger partial charge in [0, 0.05) is 24.5 Å². The first kappa shape index (κ1) is 11.6. The van der Waals surface area contributed by atoms with Crippen molar-refractivity contribution in [1.29, 1.82) is 0 Å². The van der Waals surface area contributed by atoms with Crippen molar-refractivity contribution in [2.45, 2.75) is 45.7 Å². The van der Waals surface area contributed by atoms with Crippen molar-refractivity contribution in [3.8, 4) is 0 Å². The highest BCUT2D eigenvalue weighted by molar-refractivity contribution is 5.13. The summed E-state index contributed by atoms with van der Waals surface area (Å²) < 4.78 is 0. The molecule has 0 aliphatic heterocycles. The maximum Gasteiger partial charge on any atom is 0.0315 e. The van der Waals surface area contributed by atoms with E-state index in [4.69, 9.17) is 0 Å². The first-order valence-electron chi connectivity index (χ1n) is 6.34. The molecule has 2 rings (SSSR count). The lowest BCUT2D eigenvalue weighted by Gasteiger charge is -2.24. The summed E-state index contributed by atoms with van der Waals surface area (Å²) in [6.07, 6.45) is 6.46. The predicted molar refractivity (Wildman–Crippen MR) is 67.1 cm³/mol. The van der Waals surface area contributed by atoms with E-state index in [1.165, 1.54) is 18.4 Å². The predicted octanol–water partition coefficient (Wildman–Crippen LogP) is 3.17. The number of nitrogens with zero attached hydrogens (tertiary/aromatic N) is 1. The third-order valence-electron chi connectivity index (χ3n) is 4.11. The van der Waals surface area contributed by atoms with Crippen LogP contribution in [-0.2, 0) is 0 Å². The van der Waals surface area contributed by atoms with Gasteiger partial charge in [-0.05, 0) is 43.2 Å². The minimum atomic E-state index is 0.409. The highest BCUT2D eigenvalue weighted by Gasteiger charge is 2.30. The van der Waals surface area contributed by atoms with Gasteiger partial charge in [0.2, 0.25) is 0 Å². The molecule has 1 saturated carbocycles. The second-order valence-corrected chi connectivity index (χ2v) is 5.19. The maximum atomic E-state index is 4.17. The largest absolute Gasteiger partial charge is 0.307 e. The molecule has 1 heterocycles. The monoisotopic (exact) mass is 218 g/mol. The van der Waals surface area contributed by atoms with E-state index in [0.29, 0.717) is 12.1 Å². The van der Waals surface area contributed by atoms with Crippen molar-refractivity contribution in [1.82, 2.24) is 10.3 Å². The summed E-state index contributed by atoms with van der Waals surface area (Å²) in [5, 5.41) is 3.74. The van der Waals surface area contributed by atoms with Gasteiger partial charge in [0.05, 0.1) is 0 Å². The van der Waals surface area contributed by atoms with Gasteiger partial charge in [0.15, 0.2) is 0 Å². The number of nitrogens with one attached hydrogen (secondary N) is 1. The SMILES string of the molecule is CC(NC1CCC(C)C1C)c1cccnc1. The van der Waals surface area contributed by atoms with E-state index in [1.807, 2.05) is 18.5 Å². The molecule has 0 amide bonds. The van der Waals surface area contributed by atoms with Gasteiger partial charge in [-0.1, -0.05) is 19.9 Å². The molecule has 1 N–H and O–H groups in total. The van der Waals surface area contributed by atoms with Gasteiger partial charge in [0.25, 0.3) is 0 Å². The van der Waals surface area contributed by atoms with Crippen molar-refractivity contribution < 1.29 is 0 Å². The van der Waals surface area contributed by atoms with E-state index < -0.39 is 0 Å². The molecule has 16 heavy (non-hydrogen) atoms. The second-order valence-electron chi connectivity index (χ2n) is 5.19. The first-order valence-corrected chi connectivity index (χ1v) is 6.34. The molecule has 1 fully saturated rings. The molecule has 4 atom stereocenters. The van der Waals surface area contributed by atoms with Crippen LogP contribution in [0.25, 0.3) is 0 Å². The van der Waals surface area contributed by atoms with Crippen LogP contribution in [0.2, 0.25) is 0 Å². The summed E-state index contributed by atoms with van der Waals surface area (Å²) in [5.74, 6) is 1.65. The van der Waals surface area contributed by atoms with Crippen LogP contribution < -0.4 is 5.32 Å². The lowest BCUT2D eigenvalue weighted by molar-refractivity contribution is 0.347. The van der Waals surface area contributed by atoms with Crippen LogP contribution in [0.15, 0.2) is 24.5 Å². The Bertz CT molecular complexity index is 323. The average Bonchev–Trinajstić information content (AvgIpc) is 2.62. The van der Waals surface area contributed by atoms with E-state index in [0.717, 1.165) is 11.8 Å². The quantitative estimate of drug-likeness (QED) is 0.843. The standard InChI is InChI=1S/C14H22N2/c1-10-6-7-14(11(10)2)16-12(3)13-5-4-8-15-9-13/h4-5,8-12,14,16H,6-7H2,1-3H3. The van der Waals surface area contributed by atoms with Gasteiger partial charge >= 0.3 is 0 Å². The van der Waals surface area contributed by atoms with E-state index >= 15 is 0 Å². The van der Waals surface area contributed by atoms with Crippen LogP contribution in [-0.4, -0.2) is 11.0 Å². The smallest absolute Gasteiger partial charge is 0.0315 e. The Morgan fingerprint density at radius 2 is 2.19 bits per heavy atom. The normalized spacial score (nSPS) is 31.6. The fourth-order valence-corrected chi connectivity index (χ4v) is 2.65. The summed E-state index contributed by atoms with van der Waals surface area (Å²) >= 11 is 0. The average molecular weight is 218 g/mol. The van der Waals surface area contributed by atoms with Gasteiger partial charge in [0.1, 0.15) is 0 Å². The molecule has 88 valence electrons. The van der Waals surface area contributed by atoms with Crippen LogP contribution in [0, 0.1) is 11.8 Å². The summed E-state index contributed by atoms with van der Waals surface area (Å²) in [6.45, 7) is 6.96. The van der Waals surface area contributed by atoms with Gasteiger partial charge in [-0.25, -0.2) is 0 Å². The molecule has 2 nitrogen and oxygen atoms in total. The molecule has 4 unspecified atom stereocenters. The molecule has 0 aromatic carbocycles.